The lowest BCUT2D eigenvalue weighted by Gasteiger charge is -2.20. The first-order valence-corrected chi connectivity index (χ1v) is 8.77. The van der Waals surface area contributed by atoms with Gasteiger partial charge in [-0.3, -0.25) is 0 Å². The molecule has 0 spiro atoms. The lowest BCUT2D eigenvalue weighted by atomic mass is 9.98. The number of benzene rings is 1. The van der Waals surface area contributed by atoms with Crippen LogP contribution in [0.5, 0.6) is 0 Å². The maximum Gasteiger partial charge on any atom is 0.243 e. The average Bonchev–Trinajstić information content (AvgIpc) is 2.65. The summed E-state index contributed by atoms with van der Waals surface area (Å²) >= 11 is 2.98. The summed E-state index contributed by atoms with van der Waals surface area (Å²) in [5.74, 6) is -0.122. The van der Waals surface area contributed by atoms with Crippen LogP contribution < -0.4 is 10.5 Å². The molecule has 1 fully saturated rings. The molecular formula is C13H18BrFN2O2S. The van der Waals surface area contributed by atoms with Crippen LogP contribution in [-0.4, -0.2) is 14.5 Å². The number of sulfonamides is 1. The minimum absolute atomic E-state index is 0.0470. The van der Waals surface area contributed by atoms with Gasteiger partial charge in [0.25, 0.3) is 0 Å². The lowest BCUT2D eigenvalue weighted by Crippen LogP contribution is -2.37. The number of hydrogen-bond donors (Lipinski definition) is 2. The molecule has 1 aromatic rings. The van der Waals surface area contributed by atoms with Gasteiger partial charge in [0.05, 0.1) is 4.47 Å². The van der Waals surface area contributed by atoms with Crippen molar-refractivity contribution in [2.45, 2.75) is 37.6 Å². The molecule has 1 aromatic carbocycles. The topological polar surface area (TPSA) is 72.2 Å². The summed E-state index contributed by atoms with van der Waals surface area (Å²) in [6, 6.07) is 2.33. The van der Waals surface area contributed by atoms with Crippen LogP contribution in [0.3, 0.4) is 0 Å². The van der Waals surface area contributed by atoms with Crippen LogP contribution in [0, 0.1) is 17.7 Å². The number of nitrogen functional groups attached to an aromatic ring is 1. The molecule has 20 heavy (non-hydrogen) atoms. The van der Waals surface area contributed by atoms with Crippen molar-refractivity contribution in [3.8, 4) is 0 Å². The van der Waals surface area contributed by atoms with Crippen molar-refractivity contribution in [2.75, 3.05) is 5.73 Å². The van der Waals surface area contributed by atoms with Crippen LogP contribution in [0.4, 0.5) is 10.1 Å². The molecule has 0 heterocycles. The first kappa shape index (κ1) is 15.7. The van der Waals surface area contributed by atoms with E-state index in [2.05, 4.69) is 27.6 Å². The fourth-order valence-corrected chi connectivity index (χ4v) is 4.68. The Hall–Kier alpha value is -0.660. The van der Waals surface area contributed by atoms with Gasteiger partial charge in [-0.2, -0.15) is 0 Å². The number of hydrogen-bond acceptors (Lipinski definition) is 3. The average molecular weight is 365 g/mol. The van der Waals surface area contributed by atoms with Crippen molar-refractivity contribution in [1.82, 2.24) is 4.72 Å². The van der Waals surface area contributed by atoms with E-state index >= 15 is 0 Å². The molecule has 1 saturated carbocycles. The van der Waals surface area contributed by atoms with E-state index in [1.54, 1.807) is 0 Å². The quantitative estimate of drug-likeness (QED) is 0.809. The Morgan fingerprint density at radius 2 is 2.00 bits per heavy atom. The summed E-state index contributed by atoms with van der Waals surface area (Å²) in [5, 5.41) is 0. The van der Waals surface area contributed by atoms with Gasteiger partial charge in [0, 0.05) is 11.7 Å². The Labute approximate surface area is 127 Å². The van der Waals surface area contributed by atoms with Crippen molar-refractivity contribution in [1.29, 1.82) is 0 Å². The van der Waals surface area contributed by atoms with Gasteiger partial charge in [-0.05, 0) is 52.7 Å². The van der Waals surface area contributed by atoms with Crippen LogP contribution in [0.25, 0.3) is 0 Å². The second-order valence-corrected chi connectivity index (χ2v) is 7.99. The molecule has 4 nitrogen and oxygen atoms in total. The number of nitrogens with two attached hydrogens (primary N) is 1. The van der Waals surface area contributed by atoms with Crippen molar-refractivity contribution in [3.63, 3.8) is 0 Å². The highest BCUT2D eigenvalue weighted by Gasteiger charge is 2.34. The highest BCUT2D eigenvalue weighted by Crippen LogP contribution is 2.33. The zero-order chi connectivity index (χ0) is 15.1. The molecule has 3 N–H and O–H groups in total. The zero-order valence-corrected chi connectivity index (χ0v) is 13.8. The molecule has 3 unspecified atom stereocenters. The largest absolute Gasteiger partial charge is 0.399 e. The first-order chi connectivity index (χ1) is 9.22. The summed E-state index contributed by atoms with van der Waals surface area (Å²) in [6.07, 6.45) is 1.74. The van der Waals surface area contributed by atoms with Gasteiger partial charge in [0.1, 0.15) is 4.90 Å². The summed E-state index contributed by atoms with van der Waals surface area (Å²) in [7, 11) is -3.91. The zero-order valence-electron chi connectivity index (χ0n) is 11.4. The van der Waals surface area contributed by atoms with E-state index in [-0.39, 0.29) is 22.1 Å². The lowest BCUT2D eigenvalue weighted by molar-refractivity contribution is 0.401. The van der Waals surface area contributed by atoms with Crippen molar-refractivity contribution >= 4 is 31.6 Å². The van der Waals surface area contributed by atoms with E-state index in [1.165, 1.54) is 6.07 Å². The van der Waals surface area contributed by atoms with E-state index in [4.69, 9.17) is 5.73 Å². The van der Waals surface area contributed by atoms with Crippen molar-refractivity contribution < 1.29 is 12.8 Å². The summed E-state index contributed by atoms with van der Waals surface area (Å²) < 4.78 is 41.3. The van der Waals surface area contributed by atoms with Crippen LogP contribution >= 0.6 is 15.9 Å². The summed E-state index contributed by atoms with van der Waals surface area (Å²) in [5.41, 5.74) is 5.79. The monoisotopic (exact) mass is 364 g/mol. The molecule has 3 atom stereocenters. The third-order valence-corrected chi connectivity index (χ3v) is 6.14. The molecule has 1 aliphatic carbocycles. The molecule has 0 radical (unpaired) electrons. The van der Waals surface area contributed by atoms with Crippen LogP contribution in [0.1, 0.15) is 26.7 Å². The molecule has 0 aliphatic heterocycles. The van der Waals surface area contributed by atoms with Crippen LogP contribution in [0.2, 0.25) is 0 Å². The van der Waals surface area contributed by atoms with Gasteiger partial charge in [-0.25, -0.2) is 17.5 Å². The maximum atomic E-state index is 14.0. The second-order valence-electron chi connectivity index (χ2n) is 5.46. The predicted octanol–water partition coefficient (Wildman–Crippen LogP) is 2.88. The van der Waals surface area contributed by atoms with E-state index in [0.29, 0.717) is 5.92 Å². The van der Waals surface area contributed by atoms with Gasteiger partial charge in [-0.15, -0.1) is 0 Å². The van der Waals surface area contributed by atoms with Gasteiger partial charge < -0.3 is 5.73 Å². The Morgan fingerprint density at radius 3 is 2.55 bits per heavy atom. The number of halogens is 2. The SMILES string of the molecule is CC1CCC(NS(=O)(=O)c2cc(N)cc(Br)c2F)C1C. The molecule has 0 aromatic heterocycles. The number of rotatable bonds is 3. The van der Waals surface area contributed by atoms with E-state index in [0.717, 1.165) is 18.9 Å². The van der Waals surface area contributed by atoms with Crippen molar-refractivity contribution in [2.24, 2.45) is 11.8 Å². The smallest absolute Gasteiger partial charge is 0.243 e. The third-order valence-electron chi connectivity index (χ3n) is 4.08. The standard InChI is InChI=1S/C13H18BrFN2O2S/c1-7-3-4-11(8(7)2)17-20(18,19)12-6-9(16)5-10(14)13(12)15/h5-8,11,17H,3-4,16H2,1-2H3. The summed E-state index contributed by atoms with van der Waals surface area (Å²) in [4.78, 5) is -0.406. The van der Waals surface area contributed by atoms with Gasteiger partial charge in [0.15, 0.2) is 5.82 Å². The van der Waals surface area contributed by atoms with E-state index in [1.807, 2.05) is 6.92 Å². The van der Waals surface area contributed by atoms with Crippen LogP contribution in [-0.2, 0) is 10.0 Å². The van der Waals surface area contributed by atoms with Crippen molar-refractivity contribution in [3.05, 3.63) is 22.4 Å². The maximum absolute atomic E-state index is 14.0. The minimum atomic E-state index is -3.91. The fourth-order valence-electron chi connectivity index (χ4n) is 2.57. The number of nitrogens with one attached hydrogen (secondary N) is 1. The summed E-state index contributed by atoms with van der Waals surface area (Å²) in [6.45, 7) is 4.10. The second kappa shape index (κ2) is 5.61. The first-order valence-electron chi connectivity index (χ1n) is 6.49. The van der Waals surface area contributed by atoms with Gasteiger partial charge >= 0.3 is 0 Å². The number of anilines is 1. The molecule has 2 rings (SSSR count). The highest BCUT2D eigenvalue weighted by molar-refractivity contribution is 9.10. The Bertz CT molecular complexity index is 621. The van der Waals surface area contributed by atoms with Gasteiger partial charge in [-0.1, -0.05) is 13.8 Å². The Balaban J connectivity index is 2.32. The van der Waals surface area contributed by atoms with E-state index in [9.17, 15) is 12.8 Å². The Kier molecular flexibility index (Phi) is 4.41. The molecule has 0 saturated heterocycles. The van der Waals surface area contributed by atoms with Crippen LogP contribution in [0.15, 0.2) is 21.5 Å². The van der Waals surface area contributed by atoms with E-state index < -0.39 is 20.7 Å². The fraction of sp³-hybridized carbons (Fsp3) is 0.538. The molecular weight excluding hydrogens is 347 g/mol. The Morgan fingerprint density at radius 1 is 1.35 bits per heavy atom. The molecule has 7 heteroatoms. The highest BCUT2D eigenvalue weighted by atomic mass is 79.9. The minimum Gasteiger partial charge on any atom is -0.399 e. The molecule has 0 amide bonds. The third kappa shape index (κ3) is 2.99. The predicted molar refractivity (Wildman–Crippen MR) is 80.2 cm³/mol. The molecule has 0 bridgehead atoms. The normalized spacial score (nSPS) is 26.9. The molecule has 112 valence electrons. The van der Waals surface area contributed by atoms with Gasteiger partial charge in [0.2, 0.25) is 10.0 Å². The molecule has 1 aliphatic rings.